The van der Waals surface area contributed by atoms with Crippen molar-refractivity contribution in [1.82, 2.24) is 0 Å². The molecular formula is C44H50B2O10. The Labute approximate surface area is 331 Å². The summed E-state index contributed by atoms with van der Waals surface area (Å²) in [6.45, 7) is 15.9. The molecule has 0 aliphatic carbocycles. The van der Waals surface area contributed by atoms with E-state index in [0.717, 1.165) is 27.0 Å². The van der Waals surface area contributed by atoms with Gasteiger partial charge in [-0.3, -0.25) is 4.79 Å². The van der Waals surface area contributed by atoms with Gasteiger partial charge >= 0.3 is 20.2 Å². The summed E-state index contributed by atoms with van der Waals surface area (Å²) in [5.41, 5.74) is -0.174. The maximum Gasteiger partial charge on any atom is 0.495 e. The maximum atomic E-state index is 13.6. The highest BCUT2D eigenvalue weighted by molar-refractivity contribution is 6.66. The average Bonchev–Trinajstić information content (AvgIpc) is 3.54. The topological polar surface area (TPSA) is 100 Å². The van der Waals surface area contributed by atoms with E-state index in [9.17, 15) is 4.79 Å². The Bertz CT molecular complexity index is 2200. The van der Waals surface area contributed by atoms with Gasteiger partial charge in [0.1, 0.15) is 29.6 Å². The molecule has 0 amide bonds. The van der Waals surface area contributed by atoms with Gasteiger partial charge in [-0.1, -0.05) is 49.0 Å². The molecule has 0 spiro atoms. The second kappa shape index (κ2) is 16.1. The van der Waals surface area contributed by atoms with Crippen molar-refractivity contribution in [3.8, 4) is 35.7 Å². The second-order valence-electron chi connectivity index (χ2n) is 15.7. The highest BCUT2D eigenvalue weighted by Crippen LogP contribution is 2.43. The second-order valence-corrected chi connectivity index (χ2v) is 15.7. The van der Waals surface area contributed by atoms with E-state index in [-0.39, 0.29) is 20.0 Å². The summed E-state index contributed by atoms with van der Waals surface area (Å²) >= 11 is 0. The largest absolute Gasteiger partial charge is 0.495 e. The minimum atomic E-state index is -1.05. The summed E-state index contributed by atoms with van der Waals surface area (Å²) in [6, 6.07) is 19.1. The molecule has 4 aromatic carbocycles. The number of terminal acetylenes is 1. The van der Waals surface area contributed by atoms with Gasteiger partial charge in [-0.2, -0.15) is 0 Å². The van der Waals surface area contributed by atoms with Crippen LogP contribution in [0.2, 0.25) is 0 Å². The van der Waals surface area contributed by atoms with Gasteiger partial charge in [0.2, 0.25) is 0 Å². The molecule has 10 nitrogen and oxygen atoms in total. The van der Waals surface area contributed by atoms with E-state index in [4.69, 9.17) is 48.7 Å². The molecule has 0 N–H and O–H groups in total. The quantitative estimate of drug-likeness (QED) is 0.0711. The van der Waals surface area contributed by atoms with E-state index in [1.807, 2.05) is 116 Å². The van der Waals surface area contributed by atoms with Crippen molar-refractivity contribution >= 4 is 52.7 Å². The van der Waals surface area contributed by atoms with Crippen molar-refractivity contribution in [1.29, 1.82) is 0 Å². The zero-order valence-electron chi connectivity index (χ0n) is 34.0. The summed E-state index contributed by atoms with van der Waals surface area (Å²) in [7, 11) is 1.62. The summed E-state index contributed by atoms with van der Waals surface area (Å²) in [5.74, 6) is 9.79. The van der Waals surface area contributed by atoms with Crippen molar-refractivity contribution in [3.63, 3.8) is 0 Å². The van der Waals surface area contributed by atoms with E-state index in [1.54, 1.807) is 14.2 Å². The zero-order valence-corrected chi connectivity index (χ0v) is 34.0. The molecule has 4 aromatic rings. The minimum Gasteiger partial charge on any atom is -0.468 e. The number of esters is 1. The van der Waals surface area contributed by atoms with Crippen LogP contribution in [-0.4, -0.2) is 76.5 Å². The first-order valence-corrected chi connectivity index (χ1v) is 18.8. The van der Waals surface area contributed by atoms with Crippen LogP contribution in [0.4, 0.5) is 0 Å². The Morgan fingerprint density at radius 1 is 0.732 bits per heavy atom. The SMILES string of the molecule is C#Cc1cccc2cc(OCOC)cc(B3OC(C)(C)C(C)(C(CC)OC(=O)CC#Cc4cccc5cc(OCOC)cc(B6OC(C)(C)C(C)(C)O6)c45)O3)c12. The molecule has 2 aliphatic rings. The van der Waals surface area contributed by atoms with Gasteiger partial charge in [-0.05, 0) is 124 Å². The first-order valence-electron chi connectivity index (χ1n) is 18.8. The first kappa shape index (κ1) is 41.1. The first-order chi connectivity index (χ1) is 26.6. The van der Waals surface area contributed by atoms with E-state index in [2.05, 4.69) is 17.8 Å². The van der Waals surface area contributed by atoms with Crippen LogP contribution >= 0.6 is 0 Å². The van der Waals surface area contributed by atoms with Crippen LogP contribution < -0.4 is 20.4 Å². The Balaban J connectivity index is 1.26. The van der Waals surface area contributed by atoms with Crippen molar-refractivity contribution < 1.29 is 47.1 Å². The monoisotopic (exact) mass is 760 g/mol. The van der Waals surface area contributed by atoms with Gasteiger partial charge in [0.25, 0.3) is 0 Å². The smallest absolute Gasteiger partial charge is 0.468 e. The lowest BCUT2D eigenvalue weighted by Gasteiger charge is -2.41. The number of rotatable bonds is 12. The summed E-state index contributed by atoms with van der Waals surface area (Å²) in [4.78, 5) is 13.6. The number of hydrogen-bond donors (Lipinski definition) is 0. The van der Waals surface area contributed by atoms with Gasteiger partial charge in [-0.25, -0.2) is 0 Å². The molecular weight excluding hydrogens is 710 g/mol. The number of carbonyl (C=O) groups excluding carboxylic acids is 1. The molecule has 0 bridgehead atoms. The normalized spacial score (nSPS) is 20.0. The van der Waals surface area contributed by atoms with E-state index in [1.165, 1.54) is 0 Å². The fourth-order valence-electron chi connectivity index (χ4n) is 7.21. The summed E-state index contributed by atoms with van der Waals surface area (Å²) in [6.07, 6.45) is 5.60. The van der Waals surface area contributed by atoms with Crippen LogP contribution in [0.5, 0.6) is 11.5 Å². The van der Waals surface area contributed by atoms with Gasteiger partial charge in [0, 0.05) is 25.3 Å². The van der Waals surface area contributed by atoms with Gasteiger partial charge in [0.15, 0.2) is 13.6 Å². The molecule has 6 rings (SSSR count). The number of methoxy groups -OCH3 is 2. The summed E-state index contributed by atoms with van der Waals surface area (Å²) < 4.78 is 54.5. The lowest BCUT2D eigenvalue weighted by molar-refractivity contribution is -0.167. The lowest BCUT2D eigenvalue weighted by atomic mass is 9.74. The van der Waals surface area contributed by atoms with Crippen LogP contribution in [0, 0.1) is 24.2 Å². The molecule has 2 saturated heterocycles. The molecule has 0 aromatic heterocycles. The molecule has 0 radical (unpaired) electrons. The number of fused-ring (bicyclic) bond motifs is 2. The highest BCUT2D eigenvalue weighted by atomic mass is 16.7. The molecule has 56 heavy (non-hydrogen) atoms. The van der Waals surface area contributed by atoms with Crippen molar-refractivity contribution in [3.05, 3.63) is 71.8 Å². The minimum absolute atomic E-state index is 0.0680. The molecule has 12 heteroatoms. The zero-order chi connectivity index (χ0) is 40.5. The number of carbonyl (C=O) groups is 1. The third-order valence-corrected chi connectivity index (χ3v) is 11.2. The molecule has 2 fully saturated rings. The van der Waals surface area contributed by atoms with Gasteiger partial charge < -0.3 is 42.3 Å². The predicted molar refractivity (Wildman–Crippen MR) is 218 cm³/mol. The van der Waals surface area contributed by atoms with Crippen LogP contribution in [0.3, 0.4) is 0 Å². The van der Waals surface area contributed by atoms with Crippen LogP contribution in [0.25, 0.3) is 21.5 Å². The molecule has 0 saturated carbocycles. The predicted octanol–water partition coefficient (Wildman–Crippen LogP) is 6.28. The summed E-state index contributed by atoms with van der Waals surface area (Å²) in [5, 5.41) is 3.41. The Morgan fingerprint density at radius 2 is 1.23 bits per heavy atom. The Hall–Kier alpha value is -4.52. The van der Waals surface area contributed by atoms with Crippen molar-refractivity contribution in [2.45, 2.75) is 96.7 Å². The fourth-order valence-corrected chi connectivity index (χ4v) is 7.21. The molecule has 2 aliphatic heterocycles. The molecule has 292 valence electrons. The average molecular weight is 760 g/mol. The van der Waals surface area contributed by atoms with Gasteiger partial charge in [0.05, 0.1) is 16.8 Å². The number of ether oxygens (including phenoxy) is 5. The fraction of sp³-hybridized carbons (Fsp3) is 0.432. The molecule has 2 atom stereocenters. The van der Waals surface area contributed by atoms with E-state index < -0.39 is 48.7 Å². The number of hydrogen-bond acceptors (Lipinski definition) is 10. The third kappa shape index (κ3) is 7.88. The van der Waals surface area contributed by atoms with Crippen molar-refractivity contribution in [2.75, 3.05) is 27.8 Å². The van der Waals surface area contributed by atoms with Crippen LogP contribution in [0.15, 0.2) is 60.7 Å². The van der Waals surface area contributed by atoms with E-state index >= 15 is 0 Å². The lowest BCUT2D eigenvalue weighted by Crippen LogP contribution is -2.55. The Kier molecular flexibility index (Phi) is 11.9. The third-order valence-electron chi connectivity index (χ3n) is 11.2. The molecule has 2 unspecified atom stereocenters. The van der Waals surface area contributed by atoms with Crippen LogP contribution in [-0.2, 0) is 37.6 Å². The highest BCUT2D eigenvalue weighted by Gasteiger charge is 2.60. The van der Waals surface area contributed by atoms with Crippen molar-refractivity contribution in [2.24, 2.45) is 0 Å². The molecule has 2 heterocycles. The maximum absolute atomic E-state index is 13.6. The van der Waals surface area contributed by atoms with Gasteiger partial charge in [-0.15, -0.1) is 6.42 Å². The Morgan fingerprint density at radius 3 is 1.75 bits per heavy atom. The van der Waals surface area contributed by atoms with E-state index in [0.29, 0.717) is 34.5 Å². The number of benzene rings is 4. The van der Waals surface area contributed by atoms with Crippen LogP contribution in [0.1, 0.15) is 79.4 Å². The standard InChI is InChI=1S/C44H50B2O10/c1-12-29-17-14-20-31-23-33(50-27-48-10)25-35(39(29)31)46-55-43(7,8)44(9,56-46)37(13-2)52-38(47)22-16-19-30-18-15-21-32-24-34(51-28-49-11)26-36(40(30)32)45-53-41(3,4)42(5,6)54-45/h1,14-15,17-18,20-21,23-26,37H,13,22,27-28H2,2-11H3.